The molecule has 30 heavy (non-hydrogen) atoms. The third-order valence-electron chi connectivity index (χ3n) is 6.50. The number of aliphatic hydroxyl groups excluding tert-OH is 2. The summed E-state index contributed by atoms with van der Waals surface area (Å²) in [6.07, 6.45) is -1.49. The number of aromatic hydroxyl groups is 1. The minimum absolute atomic E-state index is 0.00780. The van der Waals surface area contributed by atoms with Crippen LogP contribution in [0.15, 0.2) is 29.5 Å². The smallest absolute Gasteiger partial charge is 0.230 e. The van der Waals surface area contributed by atoms with Crippen LogP contribution in [0.4, 0.5) is 5.69 Å². The zero-order chi connectivity index (χ0) is 22.1. The van der Waals surface area contributed by atoms with Gasteiger partial charge in [-0.15, -0.1) is 0 Å². The first kappa shape index (κ1) is 20.3. The number of phenolic OH excluding ortho intramolecular Hbond substituents is 1. The fourth-order valence-corrected chi connectivity index (χ4v) is 5.18. The summed E-state index contributed by atoms with van der Waals surface area (Å²) in [6.45, 7) is 0. The van der Waals surface area contributed by atoms with E-state index in [1.54, 1.807) is 31.1 Å². The molecule has 0 aromatic heterocycles. The lowest BCUT2D eigenvalue weighted by atomic mass is 9.58. The van der Waals surface area contributed by atoms with Crippen LogP contribution in [0, 0.1) is 11.8 Å². The monoisotopic (exact) mass is 417 g/mol. The van der Waals surface area contributed by atoms with Gasteiger partial charge < -0.3 is 36.4 Å². The molecule has 0 saturated heterocycles. The molecule has 6 atom stereocenters. The number of nitrogens with zero attached hydrogens (tertiary/aromatic N) is 1. The van der Waals surface area contributed by atoms with Crippen molar-refractivity contribution < 1.29 is 34.8 Å². The Labute approximate surface area is 171 Å². The number of primary amides is 1. The van der Waals surface area contributed by atoms with Crippen molar-refractivity contribution in [3.8, 4) is 5.75 Å². The maximum absolute atomic E-state index is 13.1. The van der Waals surface area contributed by atoms with Crippen LogP contribution < -0.4 is 11.1 Å². The Morgan fingerprint density at radius 1 is 1.27 bits per heavy atom. The van der Waals surface area contributed by atoms with Gasteiger partial charge in [-0.25, -0.2) is 0 Å². The first-order valence-corrected chi connectivity index (χ1v) is 9.49. The second-order valence-corrected chi connectivity index (χ2v) is 8.29. The topological polar surface area (TPSA) is 173 Å². The summed E-state index contributed by atoms with van der Waals surface area (Å²) in [5, 5.41) is 46.3. The van der Waals surface area contributed by atoms with Crippen LogP contribution in [0.2, 0.25) is 0 Å². The highest BCUT2D eigenvalue weighted by atomic mass is 16.3. The van der Waals surface area contributed by atoms with E-state index in [4.69, 9.17) is 5.73 Å². The summed E-state index contributed by atoms with van der Waals surface area (Å²) in [5.41, 5.74) is 2.74. The molecular formula is C20H23N3O7. The number of fused-ring (bicyclic) bond motifs is 3. The molecule has 1 aliphatic heterocycles. The van der Waals surface area contributed by atoms with Crippen molar-refractivity contribution >= 4 is 23.2 Å². The maximum Gasteiger partial charge on any atom is 0.230 e. The highest BCUT2D eigenvalue weighted by molar-refractivity contribution is 6.18. The zero-order valence-electron chi connectivity index (χ0n) is 16.4. The van der Waals surface area contributed by atoms with Gasteiger partial charge >= 0.3 is 0 Å². The fourth-order valence-electron chi connectivity index (χ4n) is 5.18. The van der Waals surface area contributed by atoms with E-state index in [1.165, 1.54) is 6.07 Å². The van der Waals surface area contributed by atoms with Gasteiger partial charge in [0.25, 0.3) is 0 Å². The van der Waals surface area contributed by atoms with Crippen LogP contribution in [-0.2, 0) is 9.59 Å². The van der Waals surface area contributed by atoms with E-state index in [0.29, 0.717) is 5.69 Å². The summed E-state index contributed by atoms with van der Waals surface area (Å²) >= 11 is 0. The largest absolute Gasteiger partial charge is 0.508 e. The fraction of sp³-hybridized carbons (Fsp3) is 0.450. The Kier molecular flexibility index (Phi) is 4.42. The minimum atomic E-state index is -2.58. The van der Waals surface area contributed by atoms with E-state index in [9.17, 15) is 34.8 Å². The number of rotatable bonds is 2. The number of carbonyl (C=O) groups is 3. The number of Topliss-reactive ketones (excluding diaryl/α,β-unsaturated/α-hetero) is 2. The van der Waals surface area contributed by atoms with Crippen LogP contribution in [-0.4, -0.2) is 80.7 Å². The lowest BCUT2D eigenvalue weighted by Crippen LogP contribution is -2.71. The average molecular weight is 417 g/mol. The molecule has 1 fully saturated rings. The number of nitrogens with one attached hydrogen (secondary N) is 1. The van der Waals surface area contributed by atoms with Crippen molar-refractivity contribution in [3.05, 3.63) is 35.1 Å². The molecule has 0 radical (unpaired) electrons. The van der Waals surface area contributed by atoms with Crippen LogP contribution in [0.1, 0.15) is 16.8 Å². The molecular weight excluding hydrogens is 394 g/mol. The number of carbonyl (C=O) groups excluding carboxylic acids is 3. The first-order chi connectivity index (χ1) is 14.0. The van der Waals surface area contributed by atoms with Gasteiger partial charge in [0.15, 0.2) is 17.2 Å². The predicted molar refractivity (Wildman–Crippen MR) is 104 cm³/mol. The normalized spacial score (nSPS) is 35.4. The summed E-state index contributed by atoms with van der Waals surface area (Å²) in [6, 6.07) is 2.77. The van der Waals surface area contributed by atoms with E-state index in [0.717, 1.165) is 0 Å². The number of hydrogen-bond acceptors (Lipinski definition) is 9. The lowest BCUT2D eigenvalue weighted by Gasteiger charge is -2.53. The Morgan fingerprint density at radius 2 is 1.93 bits per heavy atom. The second kappa shape index (κ2) is 6.53. The van der Waals surface area contributed by atoms with Crippen molar-refractivity contribution in [1.29, 1.82) is 0 Å². The average Bonchev–Trinajstić information content (AvgIpc) is 2.64. The molecule has 2 aliphatic carbocycles. The summed E-state index contributed by atoms with van der Waals surface area (Å²) in [7, 11) is 3.20. The molecule has 0 spiro atoms. The summed E-state index contributed by atoms with van der Waals surface area (Å²) in [4.78, 5) is 39.7. The molecule has 7 N–H and O–H groups in total. The standard InChI is InChI=1S/C20H23N3O7/c1-23(2)14-7-6-9-12(15(25)11-8(22-9)4-3-5-10(11)24)17(27)20(7,30)18(28)13(16(14)26)19(21)29/h3-5,7,9,13-14,16,22,24,26-27,30H,6H2,1-2H3,(H2,21,29)/t7-,9-,13?,14-,16?,20-/m0/s1. The molecule has 3 aliphatic rings. The van der Waals surface area contributed by atoms with Crippen molar-refractivity contribution in [3.63, 3.8) is 0 Å². The number of benzene rings is 1. The van der Waals surface area contributed by atoms with Crippen molar-refractivity contribution in [2.24, 2.45) is 17.6 Å². The van der Waals surface area contributed by atoms with Crippen molar-refractivity contribution in [2.45, 2.75) is 30.2 Å². The van der Waals surface area contributed by atoms with Gasteiger partial charge in [0.2, 0.25) is 5.91 Å². The molecule has 0 bridgehead atoms. The second-order valence-electron chi connectivity index (χ2n) is 8.29. The number of phenols is 1. The van der Waals surface area contributed by atoms with Crippen molar-refractivity contribution in [2.75, 3.05) is 19.4 Å². The third-order valence-corrected chi connectivity index (χ3v) is 6.50. The predicted octanol–water partition coefficient (Wildman–Crippen LogP) is -1.09. The molecule has 2 unspecified atom stereocenters. The summed E-state index contributed by atoms with van der Waals surface area (Å²) in [5.74, 6) is -7.00. The number of nitrogens with two attached hydrogens (primary N) is 1. The lowest BCUT2D eigenvalue weighted by molar-refractivity contribution is -0.177. The van der Waals surface area contributed by atoms with Gasteiger partial charge in [-0.1, -0.05) is 6.07 Å². The van der Waals surface area contributed by atoms with Gasteiger partial charge in [-0.2, -0.15) is 0 Å². The molecule has 160 valence electrons. The van der Waals surface area contributed by atoms with Gasteiger partial charge in [-0.05, 0) is 32.6 Å². The van der Waals surface area contributed by atoms with E-state index >= 15 is 0 Å². The Morgan fingerprint density at radius 3 is 2.53 bits per heavy atom. The Hall–Kier alpha value is -2.95. The number of likely N-dealkylation sites (N-methyl/N-ethyl adjacent to an activating group) is 1. The van der Waals surface area contributed by atoms with Crippen LogP contribution >= 0.6 is 0 Å². The van der Waals surface area contributed by atoms with Crippen LogP contribution in [0.3, 0.4) is 0 Å². The van der Waals surface area contributed by atoms with E-state index in [2.05, 4.69) is 5.32 Å². The first-order valence-electron chi connectivity index (χ1n) is 9.49. The number of amides is 1. The highest BCUT2D eigenvalue weighted by Gasteiger charge is 2.66. The highest BCUT2D eigenvalue weighted by Crippen LogP contribution is 2.50. The van der Waals surface area contributed by atoms with E-state index in [-0.39, 0.29) is 23.3 Å². The Bertz CT molecular complexity index is 1000. The van der Waals surface area contributed by atoms with Gasteiger partial charge in [0.1, 0.15) is 17.4 Å². The Balaban J connectivity index is 1.93. The molecule has 1 heterocycles. The number of aliphatic hydroxyl groups is 3. The number of anilines is 1. The quantitative estimate of drug-likeness (QED) is 0.327. The summed E-state index contributed by atoms with van der Waals surface area (Å²) < 4.78 is 0. The maximum atomic E-state index is 13.1. The number of hydrogen-bond donors (Lipinski definition) is 6. The van der Waals surface area contributed by atoms with Gasteiger partial charge in [0, 0.05) is 17.6 Å². The SMILES string of the molecule is CN(C)[C@@H]1C(O)C(C(N)=O)C(=O)[C@@]2(O)C(O)=C3C(=O)c4c(O)cccc4N[C@H]3C[C@@H]12. The van der Waals surface area contributed by atoms with Crippen LogP contribution in [0.5, 0.6) is 5.75 Å². The van der Waals surface area contributed by atoms with Crippen molar-refractivity contribution in [1.82, 2.24) is 4.90 Å². The molecule has 1 saturated carbocycles. The minimum Gasteiger partial charge on any atom is -0.508 e. The molecule has 1 aromatic carbocycles. The number of ketones is 2. The zero-order valence-corrected chi connectivity index (χ0v) is 16.4. The molecule has 1 amide bonds. The molecule has 4 rings (SSSR count). The van der Waals surface area contributed by atoms with Crippen LogP contribution in [0.25, 0.3) is 0 Å². The molecule has 10 heteroatoms. The molecule has 10 nitrogen and oxygen atoms in total. The van der Waals surface area contributed by atoms with Gasteiger partial charge in [0.05, 0.1) is 23.3 Å². The van der Waals surface area contributed by atoms with E-state index in [1.807, 2.05) is 0 Å². The van der Waals surface area contributed by atoms with Gasteiger partial charge in [-0.3, -0.25) is 14.4 Å². The molecule has 1 aromatic rings. The van der Waals surface area contributed by atoms with E-state index < -0.39 is 58.9 Å². The third kappa shape index (κ3) is 2.44.